The Kier molecular flexibility index (Phi) is 2.71. The minimum absolute atomic E-state index is 0.338. The molecule has 90 valence electrons. The van der Waals surface area contributed by atoms with Gasteiger partial charge in [0.05, 0.1) is 5.39 Å². The lowest BCUT2D eigenvalue weighted by atomic mass is 10.2. The molecule has 0 spiro atoms. The molecule has 0 saturated heterocycles. The summed E-state index contributed by atoms with van der Waals surface area (Å²) < 4.78 is 0. The average molecular weight is 268 g/mol. The molecule has 17 heavy (non-hydrogen) atoms. The summed E-state index contributed by atoms with van der Waals surface area (Å²) in [6, 6.07) is 2.59. The first kappa shape index (κ1) is 11.2. The number of aromatic nitrogens is 2. The summed E-state index contributed by atoms with van der Waals surface area (Å²) in [5, 5.41) is 3.48. The SMILES string of the molecule is CC(C1CC1)N(C)c1nc(Cl)nc2sccc12. The van der Waals surface area contributed by atoms with Crippen LogP contribution in [0.5, 0.6) is 0 Å². The molecule has 5 heteroatoms. The van der Waals surface area contributed by atoms with Crippen LogP contribution < -0.4 is 4.90 Å². The third kappa shape index (κ3) is 2.00. The van der Waals surface area contributed by atoms with Gasteiger partial charge in [0.1, 0.15) is 10.6 Å². The van der Waals surface area contributed by atoms with Gasteiger partial charge in [-0.05, 0) is 48.7 Å². The van der Waals surface area contributed by atoms with Crippen LogP contribution in [0.15, 0.2) is 11.4 Å². The van der Waals surface area contributed by atoms with Crippen molar-refractivity contribution in [3.8, 4) is 0 Å². The second-order valence-corrected chi connectivity index (χ2v) is 5.88. The highest BCUT2D eigenvalue weighted by Gasteiger charge is 2.31. The molecule has 0 aliphatic heterocycles. The van der Waals surface area contributed by atoms with E-state index in [-0.39, 0.29) is 0 Å². The molecule has 1 aliphatic carbocycles. The molecule has 2 aromatic heterocycles. The molecule has 1 fully saturated rings. The molecule has 0 bridgehead atoms. The van der Waals surface area contributed by atoms with E-state index in [0.29, 0.717) is 11.3 Å². The number of hydrogen-bond acceptors (Lipinski definition) is 4. The monoisotopic (exact) mass is 267 g/mol. The quantitative estimate of drug-likeness (QED) is 0.796. The van der Waals surface area contributed by atoms with Gasteiger partial charge in [-0.3, -0.25) is 0 Å². The lowest BCUT2D eigenvalue weighted by Gasteiger charge is -2.26. The Labute approximate surface area is 109 Å². The molecule has 3 rings (SSSR count). The standard InChI is InChI=1S/C12H14ClN3S/c1-7(8-3-4-8)16(2)10-9-5-6-17-11(9)15-12(13)14-10/h5-8H,3-4H2,1-2H3. The molecule has 2 aromatic rings. The van der Waals surface area contributed by atoms with Crippen LogP contribution in [0.2, 0.25) is 5.28 Å². The predicted octanol–water partition coefficient (Wildman–Crippen LogP) is 3.58. The maximum Gasteiger partial charge on any atom is 0.225 e. The van der Waals surface area contributed by atoms with Crippen LogP contribution in [-0.4, -0.2) is 23.1 Å². The summed E-state index contributed by atoms with van der Waals surface area (Å²) in [6.07, 6.45) is 2.66. The van der Waals surface area contributed by atoms with E-state index in [0.717, 1.165) is 22.0 Å². The van der Waals surface area contributed by atoms with Gasteiger partial charge in [-0.1, -0.05) is 0 Å². The van der Waals surface area contributed by atoms with E-state index < -0.39 is 0 Å². The maximum atomic E-state index is 5.98. The number of hydrogen-bond donors (Lipinski definition) is 0. The predicted molar refractivity (Wildman–Crippen MR) is 73.0 cm³/mol. The third-order valence-electron chi connectivity index (χ3n) is 3.53. The fourth-order valence-corrected chi connectivity index (χ4v) is 3.14. The number of nitrogens with zero attached hydrogens (tertiary/aromatic N) is 3. The zero-order valence-corrected chi connectivity index (χ0v) is 11.4. The van der Waals surface area contributed by atoms with Crippen molar-refractivity contribution >= 4 is 39.0 Å². The van der Waals surface area contributed by atoms with Gasteiger partial charge in [-0.15, -0.1) is 11.3 Å². The topological polar surface area (TPSA) is 29.0 Å². The Balaban J connectivity index is 2.05. The summed E-state index contributed by atoms with van der Waals surface area (Å²) in [4.78, 5) is 11.8. The third-order valence-corrected chi connectivity index (χ3v) is 4.50. The van der Waals surface area contributed by atoms with Crippen molar-refractivity contribution in [3.05, 3.63) is 16.7 Å². The Hall–Kier alpha value is -0.870. The highest BCUT2D eigenvalue weighted by molar-refractivity contribution is 7.16. The molecule has 0 aromatic carbocycles. The zero-order valence-electron chi connectivity index (χ0n) is 9.85. The number of anilines is 1. The lowest BCUT2D eigenvalue weighted by molar-refractivity contribution is 0.605. The fourth-order valence-electron chi connectivity index (χ4n) is 2.17. The van der Waals surface area contributed by atoms with Crippen LogP contribution >= 0.6 is 22.9 Å². The Bertz CT molecular complexity index is 550. The van der Waals surface area contributed by atoms with Crippen LogP contribution in [-0.2, 0) is 0 Å². The van der Waals surface area contributed by atoms with E-state index in [1.165, 1.54) is 12.8 Å². The van der Waals surface area contributed by atoms with E-state index in [1.807, 2.05) is 5.38 Å². The van der Waals surface area contributed by atoms with Gasteiger partial charge in [0.2, 0.25) is 5.28 Å². The van der Waals surface area contributed by atoms with E-state index in [2.05, 4.69) is 34.9 Å². The van der Waals surface area contributed by atoms with Gasteiger partial charge in [0, 0.05) is 13.1 Å². The molecule has 1 atom stereocenters. The van der Waals surface area contributed by atoms with Crippen LogP contribution in [0.25, 0.3) is 10.2 Å². The van der Waals surface area contributed by atoms with Crippen molar-refractivity contribution in [3.63, 3.8) is 0 Å². The zero-order chi connectivity index (χ0) is 12.0. The lowest BCUT2D eigenvalue weighted by Crippen LogP contribution is -2.31. The summed E-state index contributed by atoms with van der Waals surface area (Å²) in [5.41, 5.74) is 0. The van der Waals surface area contributed by atoms with Gasteiger partial charge >= 0.3 is 0 Å². The number of rotatable bonds is 3. The average Bonchev–Trinajstić information content (AvgIpc) is 3.05. The second-order valence-electron chi connectivity index (χ2n) is 4.64. The van der Waals surface area contributed by atoms with Gasteiger partial charge in [0.25, 0.3) is 0 Å². The molecular formula is C12H14ClN3S. The van der Waals surface area contributed by atoms with Gasteiger partial charge in [-0.2, -0.15) is 4.98 Å². The molecule has 2 heterocycles. The normalized spacial score (nSPS) is 17.4. The minimum Gasteiger partial charge on any atom is -0.356 e. The first-order valence-corrected chi connectivity index (χ1v) is 7.06. The van der Waals surface area contributed by atoms with Crippen LogP contribution in [0.1, 0.15) is 19.8 Å². The van der Waals surface area contributed by atoms with Crippen LogP contribution in [0.4, 0.5) is 5.82 Å². The summed E-state index contributed by atoms with van der Waals surface area (Å²) >= 11 is 7.59. The summed E-state index contributed by atoms with van der Waals surface area (Å²) in [5.74, 6) is 1.77. The molecule has 0 radical (unpaired) electrons. The van der Waals surface area contributed by atoms with Crippen molar-refractivity contribution < 1.29 is 0 Å². The second kappa shape index (κ2) is 4.10. The summed E-state index contributed by atoms with van der Waals surface area (Å²) in [7, 11) is 2.10. The largest absolute Gasteiger partial charge is 0.356 e. The fraction of sp³-hybridized carbons (Fsp3) is 0.500. The Morgan fingerprint density at radius 3 is 2.94 bits per heavy atom. The van der Waals surface area contributed by atoms with Crippen molar-refractivity contribution in [1.29, 1.82) is 0 Å². The number of halogens is 1. The van der Waals surface area contributed by atoms with Crippen LogP contribution in [0.3, 0.4) is 0 Å². The van der Waals surface area contributed by atoms with Gasteiger partial charge < -0.3 is 4.90 Å². The molecule has 1 aliphatic rings. The molecule has 0 amide bonds. The van der Waals surface area contributed by atoms with E-state index in [9.17, 15) is 0 Å². The first-order valence-electron chi connectivity index (χ1n) is 5.80. The van der Waals surface area contributed by atoms with E-state index in [4.69, 9.17) is 11.6 Å². The Morgan fingerprint density at radius 2 is 2.24 bits per heavy atom. The highest BCUT2D eigenvalue weighted by atomic mass is 35.5. The van der Waals surface area contributed by atoms with Crippen LogP contribution in [0, 0.1) is 5.92 Å². The molecular weight excluding hydrogens is 254 g/mol. The molecule has 0 N–H and O–H groups in total. The van der Waals surface area contributed by atoms with Gasteiger partial charge in [0.15, 0.2) is 0 Å². The number of thiophene rings is 1. The van der Waals surface area contributed by atoms with Crippen molar-refractivity contribution in [1.82, 2.24) is 9.97 Å². The molecule has 1 saturated carbocycles. The molecule has 3 nitrogen and oxygen atoms in total. The molecule has 1 unspecified atom stereocenters. The minimum atomic E-state index is 0.338. The number of fused-ring (bicyclic) bond motifs is 1. The first-order chi connectivity index (χ1) is 8.16. The maximum absolute atomic E-state index is 5.98. The highest BCUT2D eigenvalue weighted by Crippen LogP contribution is 2.38. The smallest absolute Gasteiger partial charge is 0.225 e. The van der Waals surface area contributed by atoms with Crippen molar-refractivity contribution in [2.24, 2.45) is 5.92 Å². The Morgan fingerprint density at radius 1 is 1.47 bits per heavy atom. The van der Waals surface area contributed by atoms with Crippen molar-refractivity contribution in [2.75, 3.05) is 11.9 Å². The summed E-state index contributed by atoms with van der Waals surface area (Å²) in [6.45, 7) is 2.26. The van der Waals surface area contributed by atoms with Crippen molar-refractivity contribution in [2.45, 2.75) is 25.8 Å². The van der Waals surface area contributed by atoms with E-state index >= 15 is 0 Å². The van der Waals surface area contributed by atoms with E-state index in [1.54, 1.807) is 11.3 Å². The van der Waals surface area contributed by atoms with Gasteiger partial charge in [-0.25, -0.2) is 4.98 Å².